The molecule has 0 aromatic carbocycles. The zero-order valence-corrected chi connectivity index (χ0v) is 10.2. The van der Waals surface area contributed by atoms with Crippen molar-refractivity contribution < 1.29 is 0 Å². The predicted molar refractivity (Wildman–Crippen MR) is 64.9 cm³/mol. The first-order valence-corrected chi connectivity index (χ1v) is 6.29. The average Bonchev–Trinajstić information content (AvgIpc) is 2.69. The third-order valence-corrected chi connectivity index (χ3v) is 3.34. The van der Waals surface area contributed by atoms with Gasteiger partial charge in [0, 0.05) is 17.0 Å². The number of nitrogens with zero attached hydrogens (tertiary/aromatic N) is 1. The highest BCUT2D eigenvalue weighted by atomic mass is 32.1. The molecule has 0 saturated heterocycles. The highest BCUT2D eigenvalue weighted by Gasteiger charge is 2.10. The Kier molecular flexibility index (Phi) is 5.38. The SMILES string of the molecule is CCC(CC#N)NC(C)Cc1cccs1. The summed E-state index contributed by atoms with van der Waals surface area (Å²) in [5.41, 5.74) is 0. The number of rotatable bonds is 6. The maximum absolute atomic E-state index is 8.65. The first-order chi connectivity index (χ1) is 7.26. The van der Waals surface area contributed by atoms with Gasteiger partial charge in [0.05, 0.1) is 12.5 Å². The van der Waals surface area contributed by atoms with Gasteiger partial charge in [0.2, 0.25) is 0 Å². The molecule has 1 aromatic heterocycles. The molecule has 0 aliphatic heterocycles. The van der Waals surface area contributed by atoms with E-state index in [0.29, 0.717) is 18.5 Å². The van der Waals surface area contributed by atoms with E-state index >= 15 is 0 Å². The lowest BCUT2D eigenvalue weighted by Crippen LogP contribution is -2.37. The van der Waals surface area contributed by atoms with Crippen LogP contribution in [0.15, 0.2) is 17.5 Å². The van der Waals surface area contributed by atoms with Gasteiger partial charge >= 0.3 is 0 Å². The maximum Gasteiger partial charge on any atom is 0.0638 e. The van der Waals surface area contributed by atoms with Crippen LogP contribution < -0.4 is 5.32 Å². The molecule has 0 fully saturated rings. The van der Waals surface area contributed by atoms with E-state index in [1.807, 2.05) is 0 Å². The van der Waals surface area contributed by atoms with Gasteiger partial charge in [-0.2, -0.15) is 5.26 Å². The summed E-state index contributed by atoms with van der Waals surface area (Å²) < 4.78 is 0. The lowest BCUT2D eigenvalue weighted by molar-refractivity contribution is 0.437. The van der Waals surface area contributed by atoms with E-state index in [4.69, 9.17) is 5.26 Å². The van der Waals surface area contributed by atoms with Crippen LogP contribution in [-0.4, -0.2) is 12.1 Å². The maximum atomic E-state index is 8.65. The lowest BCUT2D eigenvalue weighted by atomic mass is 10.1. The molecule has 1 N–H and O–H groups in total. The number of hydrogen-bond acceptors (Lipinski definition) is 3. The van der Waals surface area contributed by atoms with E-state index in [2.05, 4.69) is 42.7 Å². The monoisotopic (exact) mass is 222 g/mol. The molecule has 0 amide bonds. The minimum atomic E-state index is 0.338. The quantitative estimate of drug-likeness (QED) is 0.803. The molecule has 0 spiro atoms. The Labute approximate surface area is 95.9 Å². The van der Waals surface area contributed by atoms with Crippen LogP contribution in [0.1, 0.15) is 31.6 Å². The van der Waals surface area contributed by atoms with Gasteiger partial charge in [-0.25, -0.2) is 0 Å². The fourth-order valence-electron chi connectivity index (χ4n) is 1.62. The Balaban J connectivity index is 2.34. The second-order valence-electron chi connectivity index (χ2n) is 3.82. The minimum absolute atomic E-state index is 0.338. The average molecular weight is 222 g/mol. The van der Waals surface area contributed by atoms with Gasteiger partial charge in [-0.1, -0.05) is 13.0 Å². The van der Waals surface area contributed by atoms with Crippen molar-refractivity contribution in [2.45, 2.75) is 45.2 Å². The molecule has 82 valence electrons. The molecule has 3 heteroatoms. The molecule has 2 nitrogen and oxygen atoms in total. The molecule has 1 aromatic rings. The van der Waals surface area contributed by atoms with Crippen molar-refractivity contribution in [3.05, 3.63) is 22.4 Å². The van der Waals surface area contributed by atoms with Crippen molar-refractivity contribution in [3.8, 4) is 6.07 Å². The smallest absolute Gasteiger partial charge is 0.0638 e. The normalized spacial score (nSPS) is 14.5. The van der Waals surface area contributed by atoms with Gasteiger partial charge in [0.1, 0.15) is 0 Å². The van der Waals surface area contributed by atoms with Crippen molar-refractivity contribution in [2.24, 2.45) is 0 Å². The summed E-state index contributed by atoms with van der Waals surface area (Å²) in [6.45, 7) is 4.30. The van der Waals surface area contributed by atoms with Crippen LogP contribution in [0.2, 0.25) is 0 Å². The van der Waals surface area contributed by atoms with Crippen LogP contribution in [0.5, 0.6) is 0 Å². The summed E-state index contributed by atoms with van der Waals surface area (Å²) in [7, 11) is 0. The van der Waals surface area contributed by atoms with Crippen LogP contribution in [0.3, 0.4) is 0 Å². The predicted octanol–water partition coefficient (Wildman–Crippen LogP) is 2.96. The molecule has 1 heterocycles. The highest BCUT2D eigenvalue weighted by Crippen LogP contribution is 2.11. The molecule has 0 aliphatic carbocycles. The third kappa shape index (κ3) is 4.46. The van der Waals surface area contributed by atoms with E-state index in [9.17, 15) is 0 Å². The lowest BCUT2D eigenvalue weighted by Gasteiger charge is -2.19. The van der Waals surface area contributed by atoms with Crippen molar-refractivity contribution in [1.82, 2.24) is 5.32 Å². The van der Waals surface area contributed by atoms with Gasteiger partial charge < -0.3 is 5.32 Å². The Hall–Kier alpha value is -0.850. The molecule has 0 radical (unpaired) electrons. The Morgan fingerprint density at radius 1 is 1.60 bits per heavy atom. The number of hydrogen-bond donors (Lipinski definition) is 1. The number of thiophene rings is 1. The largest absolute Gasteiger partial charge is 0.310 e. The standard InChI is InChI=1S/C12H18N2S/c1-3-11(6-7-13)14-10(2)9-12-5-4-8-15-12/h4-5,8,10-11,14H,3,6,9H2,1-2H3. The summed E-state index contributed by atoms with van der Waals surface area (Å²) in [5, 5.41) is 14.2. The van der Waals surface area contributed by atoms with E-state index in [1.54, 1.807) is 11.3 Å². The second kappa shape index (κ2) is 6.60. The molecule has 0 saturated carbocycles. The first-order valence-electron chi connectivity index (χ1n) is 5.41. The third-order valence-electron chi connectivity index (χ3n) is 2.44. The van der Waals surface area contributed by atoms with E-state index in [0.717, 1.165) is 12.8 Å². The summed E-state index contributed by atoms with van der Waals surface area (Å²) in [6.07, 6.45) is 2.67. The fourth-order valence-corrected chi connectivity index (χ4v) is 2.46. The Morgan fingerprint density at radius 2 is 2.40 bits per heavy atom. The van der Waals surface area contributed by atoms with Crippen molar-refractivity contribution in [1.29, 1.82) is 5.26 Å². The summed E-state index contributed by atoms with van der Waals surface area (Å²) in [4.78, 5) is 1.40. The zero-order chi connectivity index (χ0) is 11.1. The summed E-state index contributed by atoms with van der Waals surface area (Å²) in [6, 6.07) is 7.25. The molecule has 1 rings (SSSR count). The van der Waals surface area contributed by atoms with Crippen molar-refractivity contribution in [3.63, 3.8) is 0 Å². The van der Waals surface area contributed by atoms with Crippen molar-refractivity contribution in [2.75, 3.05) is 0 Å². The van der Waals surface area contributed by atoms with Crippen LogP contribution >= 0.6 is 11.3 Å². The molecule has 0 aliphatic rings. The first kappa shape index (κ1) is 12.2. The van der Waals surface area contributed by atoms with Crippen LogP contribution in [0.4, 0.5) is 0 Å². The van der Waals surface area contributed by atoms with E-state index in [-0.39, 0.29) is 0 Å². The Morgan fingerprint density at radius 3 is 2.93 bits per heavy atom. The molecule has 2 atom stereocenters. The molecule has 0 bridgehead atoms. The fraction of sp³-hybridized carbons (Fsp3) is 0.583. The van der Waals surface area contributed by atoms with Gasteiger partial charge in [0.15, 0.2) is 0 Å². The summed E-state index contributed by atoms with van der Waals surface area (Å²) >= 11 is 1.79. The van der Waals surface area contributed by atoms with Crippen molar-refractivity contribution >= 4 is 11.3 Å². The minimum Gasteiger partial charge on any atom is -0.310 e. The van der Waals surface area contributed by atoms with Gasteiger partial charge in [-0.05, 0) is 31.2 Å². The number of nitrogens with one attached hydrogen (secondary N) is 1. The van der Waals surface area contributed by atoms with Crippen LogP contribution in [0, 0.1) is 11.3 Å². The molecule has 2 unspecified atom stereocenters. The van der Waals surface area contributed by atoms with Gasteiger partial charge in [0.25, 0.3) is 0 Å². The topological polar surface area (TPSA) is 35.8 Å². The van der Waals surface area contributed by atoms with Crippen LogP contribution in [0.25, 0.3) is 0 Å². The zero-order valence-electron chi connectivity index (χ0n) is 9.36. The van der Waals surface area contributed by atoms with E-state index < -0.39 is 0 Å². The highest BCUT2D eigenvalue weighted by molar-refractivity contribution is 7.09. The summed E-state index contributed by atoms with van der Waals surface area (Å²) in [5.74, 6) is 0. The molecule has 15 heavy (non-hydrogen) atoms. The molecular weight excluding hydrogens is 204 g/mol. The van der Waals surface area contributed by atoms with E-state index in [1.165, 1.54) is 4.88 Å². The van der Waals surface area contributed by atoms with Crippen LogP contribution in [-0.2, 0) is 6.42 Å². The van der Waals surface area contributed by atoms with Gasteiger partial charge in [-0.3, -0.25) is 0 Å². The Bertz CT molecular complexity index is 300. The van der Waals surface area contributed by atoms with Gasteiger partial charge in [-0.15, -0.1) is 11.3 Å². The second-order valence-corrected chi connectivity index (χ2v) is 4.85. The molecular formula is C12H18N2S. The number of nitriles is 1.